The Morgan fingerprint density at radius 3 is 2.53 bits per heavy atom. The lowest BCUT2D eigenvalue weighted by Crippen LogP contribution is -2.49. The van der Waals surface area contributed by atoms with Gasteiger partial charge in [-0.3, -0.25) is 0 Å². The van der Waals surface area contributed by atoms with Gasteiger partial charge >= 0.3 is 0 Å². The molecule has 0 bridgehead atoms. The second-order valence-corrected chi connectivity index (χ2v) is 5.05. The van der Waals surface area contributed by atoms with Gasteiger partial charge in [-0.1, -0.05) is 26.0 Å². The van der Waals surface area contributed by atoms with Crippen molar-refractivity contribution in [3.63, 3.8) is 0 Å². The zero-order valence-electron chi connectivity index (χ0n) is 10.7. The monoisotopic (exact) mass is 236 g/mol. The van der Waals surface area contributed by atoms with Crippen molar-refractivity contribution in [3.8, 4) is 5.75 Å². The molecule has 0 atom stereocenters. The van der Waals surface area contributed by atoms with E-state index in [1.54, 1.807) is 7.11 Å². The van der Waals surface area contributed by atoms with Crippen LogP contribution in [0.3, 0.4) is 0 Å². The van der Waals surface area contributed by atoms with Crippen LogP contribution in [0.5, 0.6) is 5.75 Å². The Labute approximate surface area is 102 Å². The Morgan fingerprint density at radius 1 is 1.41 bits per heavy atom. The summed E-state index contributed by atoms with van der Waals surface area (Å²) in [6, 6.07) is 6.21. The molecule has 0 radical (unpaired) electrons. The Morgan fingerprint density at radius 2 is 2.12 bits per heavy atom. The molecule has 1 N–H and O–H groups in total. The third-order valence-corrected chi connectivity index (χ3v) is 3.52. The fourth-order valence-electron chi connectivity index (χ4n) is 2.18. The molecule has 2 rings (SSSR count). The number of benzene rings is 1. The fourth-order valence-corrected chi connectivity index (χ4v) is 2.18. The van der Waals surface area contributed by atoms with Crippen molar-refractivity contribution in [2.75, 3.05) is 26.9 Å². The van der Waals surface area contributed by atoms with Crippen LogP contribution in [0.1, 0.15) is 30.9 Å². The minimum atomic E-state index is -0.268. The summed E-state index contributed by atoms with van der Waals surface area (Å²) in [7, 11) is 1.67. The van der Waals surface area contributed by atoms with Crippen molar-refractivity contribution in [1.29, 1.82) is 0 Å². The summed E-state index contributed by atoms with van der Waals surface area (Å²) in [5, 5.41) is 9.60. The molecule has 3 nitrogen and oxygen atoms in total. The van der Waals surface area contributed by atoms with Crippen LogP contribution >= 0.6 is 0 Å². The predicted molar refractivity (Wildman–Crippen MR) is 66.7 cm³/mol. The number of rotatable bonds is 4. The van der Waals surface area contributed by atoms with Crippen molar-refractivity contribution < 1.29 is 14.6 Å². The maximum atomic E-state index is 9.60. The van der Waals surface area contributed by atoms with E-state index in [4.69, 9.17) is 9.47 Å². The molecule has 3 heteroatoms. The largest absolute Gasteiger partial charge is 0.496 e. The van der Waals surface area contributed by atoms with Crippen molar-refractivity contribution in [2.24, 2.45) is 0 Å². The van der Waals surface area contributed by atoms with Crippen LogP contribution in [-0.4, -0.2) is 32.0 Å². The maximum absolute atomic E-state index is 9.60. The maximum Gasteiger partial charge on any atom is 0.122 e. The zero-order chi connectivity index (χ0) is 12.5. The van der Waals surface area contributed by atoms with E-state index >= 15 is 0 Å². The summed E-state index contributed by atoms with van der Waals surface area (Å²) < 4.78 is 10.7. The number of hydrogen-bond donors (Lipinski definition) is 1. The van der Waals surface area contributed by atoms with E-state index in [2.05, 4.69) is 26.0 Å². The third-order valence-electron chi connectivity index (χ3n) is 3.52. The highest BCUT2D eigenvalue weighted by Gasteiger charge is 2.42. The molecule has 0 aliphatic carbocycles. The first-order valence-corrected chi connectivity index (χ1v) is 6.00. The Bertz CT molecular complexity index is 389. The van der Waals surface area contributed by atoms with E-state index in [-0.39, 0.29) is 12.0 Å². The Kier molecular flexibility index (Phi) is 3.40. The summed E-state index contributed by atoms with van der Waals surface area (Å²) >= 11 is 0. The molecule has 0 aromatic heterocycles. The van der Waals surface area contributed by atoms with Gasteiger partial charge in [-0.05, 0) is 17.5 Å². The van der Waals surface area contributed by atoms with Crippen molar-refractivity contribution in [3.05, 3.63) is 29.3 Å². The minimum absolute atomic E-state index is 0.102. The SMILES string of the molecule is COc1ccc(C(C)C)cc1C1(CO)COC1. The van der Waals surface area contributed by atoms with E-state index in [9.17, 15) is 5.11 Å². The quantitative estimate of drug-likeness (QED) is 0.870. The van der Waals surface area contributed by atoms with Crippen LogP contribution in [0.2, 0.25) is 0 Å². The highest BCUT2D eigenvalue weighted by Crippen LogP contribution is 2.39. The molecule has 0 unspecified atom stereocenters. The van der Waals surface area contributed by atoms with E-state index in [0.29, 0.717) is 19.1 Å². The first kappa shape index (κ1) is 12.4. The lowest BCUT2D eigenvalue weighted by Gasteiger charge is -2.41. The summed E-state index contributed by atoms with van der Waals surface area (Å²) in [5.41, 5.74) is 2.07. The van der Waals surface area contributed by atoms with Gasteiger partial charge in [0.05, 0.1) is 32.3 Å². The summed E-state index contributed by atoms with van der Waals surface area (Å²) in [5.74, 6) is 1.31. The van der Waals surface area contributed by atoms with Crippen LogP contribution in [0.15, 0.2) is 18.2 Å². The van der Waals surface area contributed by atoms with Crippen LogP contribution in [-0.2, 0) is 10.2 Å². The average Bonchev–Trinajstić information content (AvgIpc) is 2.28. The molecule has 94 valence electrons. The molecule has 1 fully saturated rings. The summed E-state index contributed by atoms with van der Waals surface area (Å²) in [6.45, 7) is 5.57. The van der Waals surface area contributed by atoms with E-state index in [1.165, 1.54) is 5.56 Å². The molecule has 0 saturated carbocycles. The van der Waals surface area contributed by atoms with Crippen LogP contribution in [0.25, 0.3) is 0 Å². The first-order valence-electron chi connectivity index (χ1n) is 6.00. The van der Waals surface area contributed by atoms with E-state index in [1.807, 2.05) is 6.07 Å². The highest BCUT2D eigenvalue weighted by molar-refractivity contribution is 5.45. The second-order valence-electron chi connectivity index (χ2n) is 5.05. The molecular weight excluding hydrogens is 216 g/mol. The second kappa shape index (κ2) is 4.67. The van der Waals surface area contributed by atoms with Crippen molar-refractivity contribution in [1.82, 2.24) is 0 Å². The molecular formula is C14H20O3. The molecule has 0 amide bonds. The Balaban J connectivity index is 2.45. The van der Waals surface area contributed by atoms with Gasteiger partial charge in [-0.25, -0.2) is 0 Å². The zero-order valence-corrected chi connectivity index (χ0v) is 10.7. The van der Waals surface area contributed by atoms with Gasteiger partial charge in [0.25, 0.3) is 0 Å². The van der Waals surface area contributed by atoms with Gasteiger partial charge < -0.3 is 14.6 Å². The molecule has 1 heterocycles. The third kappa shape index (κ3) is 2.05. The van der Waals surface area contributed by atoms with Crippen LogP contribution in [0.4, 0.5) is 0 Å². The van der Waals surface area contributed by atoms with E-state index in [0.717, 1.165) is 11.3 Å². The normalized spacial score (nSPS) is 17.9. The van der Waals surface area contributed by atoms with Gasteiger partial charge in [0, 0.05) is 5.56 Å². The molecule has 1 aliphatic rings. The average molecular weight is 236 g/mol. The molecule has 0 spiro atoms. The van der Waals surface area contributed by atoms with Crippen LogP contribution < -0.4 is 4.74 Å². The van der Waals surface area contributed by atoms with Gasteiger partial charge in [0.1, 0.15) is 5.75 Å². The molecule has 1 saturated heterocycles. The molecule has 1 aliphatic heterocycles. The number of ether oxygens (including phenoxy) is 2. The topological polar surface area (TPSA) is 38.7 Å². The fraction of sp³-hybridized carbons (Fsp3) is 0.571. The smallest absolute Gasteiger partial charge is 0.122 e. The number of methoxy groups -OCH3 is 1. The highest BCUT2D eigenvalue weighted by atomic mass is 16.5. The predicted octanol–water partition coefficient (Wildman–Crippen LogP) is 2.08. The summed E-state index contributed by atoms with van der Waals surface area (Å²) in [6.07, 6.45) is 0. The van der Waals surface area contributed by atoms with Gasteiger partial charge in [0.15, 0.2) is 0 Å². The van der Waals surface area contributed by atoms with Gasteiger partial charge in [-0.2, -0.15) is 0 Å². The van der Waals surface area contributed by atoms with Gasteiger partial charge in [0.2, 0.25) is 0 Å². The molecule has 1 aromatic carbocycles. The van der Waals surface area contributed by atoms with Crippen molar-refractivity contribution >= 4 is 0 Å². The standard InChI is InChI=1S/C14H20O3/c1-10(2)11-4-5-13(16-3)12(6-11)14(7-15)8-17-9-14/h4-6,10,15H,7-9H2,1-3H3. The van der Waals surface area contributed by atoms with E-state index < -0.39 is 0 Å². The van der Waals surface area contributed by atoms with Crippen molar-refractivity contribution in [2.45, 2.75) is 25.2 Å². The van der Waals surface area contributed by atoms with Crippen LogP contribution in [0, 0.1) is 0 Å². The Hall–Kier alpha value is -1.06. The number of aliphatic hydroxyl groups excluding tert-OH is 1. The lowest BCUT2D eigenvalue weighted by molar-refractivity contribution is -0.0850. The number of hydrogen-bond acceptors (Lipinski definition) is 3. The number of aliphatic hydroxyl groups is 1. The van der Waals surface area contributed by atoms with Gasteiger partial charge in [-0.15, -0.1) is 0 Å². The first-order chi connectivity index (χ1) is 8.13. The summed E-state index contributed by atoms with van der Waals surface area (Å²) in [4.78, 5) is 0. The minimum Gasteiger partial charge on any atom is -0.496 e. The molecule has 1 aromatic rings. The molecule has 17 heavy (non-hydrogen) atoms. The lowest BCUT2D eigenvalue weighted by atomic mass is 9.77.